The Bertz CT molecular complexity index is 1270. The Morgan fingerprint density at radius 1 is 0.879 bits per heavy atom. The van der Waals surface area contributed by atoms with E-state index in [4.69, 9.17) is 4.74 Å². The molecule has 0 radical (unpaired) electrons. The highest BCUT2D eigenvalue weighted by atomic mass is 32.2. The molecule has 0 unspecified atom stereocenters. The first-order chi connectivity index (χ1) is 15.8. The average molecular weight is 467 g/mol. The quantitative estimate of drug-likeness (QED) is 0.384. The molecule has 0 aromatic heterocycles. The molecule has 0 heterocycles. The predicted molar refractivity (Wildman–Crippen MR) is 126 cm³/mol. The molecule has 0 atom stereocenters. The second-order valence-electron chi connectivity index (χ2n) is 6.80. The van der Waals surface area contributed by atoms with E-state index in [1.807, 2.05) is 0 Å². The molecule has 3 rings (SSSR count). The lowest BCUT2D eigenvalue weighted by Crippen LogP contribution is -2.14. The third-order valence-corrected chi connectivity index (χ3v) is 5.89. The molecular weight excluding hydrogens is 444 g/mol. The summed E-state index contributed by atoms with van der Waals surface area (Å²) >= 11 is 0. The van der Waals surface area contributed by atoms with Crippen LogP contribution in [-0.4, -0.2) is 34.5 Å². The zero-order chi connectivity index (χ0) is 23.8. The maximum Gasteiger partial charge on any atom is 0.337 e. The number of esters is 1. The van der Waals surface area contributed by atoms with Crippen molar-refractivity contribution in [3.63, 3.8) is 0 Å². The molecule has 0 saturated heterocycles. The van der Waals surface area contributed by atoms with Crippen molar-refractivity contribution in [1.82, 2.24) is 0 Å². The van der Waals surface area contributed by atoms with E-state index in [1.165, 1.54) is 38.5 Å². The summed E-state index contributed by atoms with van der Waals surface area (Å²) in [6.07, 6.45) is 2.88. The topological polar surface area (TPSA) is 111 Å². The SMILES string of the molecule is COC(=O)c1ccc(C=CC(=O)Nc2cccc(S(=O)(=O)Nc3ccc(OC)cc3)c2)cc1. The number of rotatable bonds is 8. The van der Waals surface area contributed by atoms with Gasteiger partial charge in [-0.05, 0) is 66.2 Å². The van der Waals surface area contributed by atoms with Gasteiger partial charge in [0.1, 0.15) is 5.75 Å². The van der Waals surface area contributed by atoms with Crippen LogP contribution in [0.15, 0.2) is 83.8 Å². The van der Waals surface area contributed by atoms with Gasteiger partial charge in [0.25, 0.3) is 10.0 Å². The third kappa shape index (κ3) is 6.44. The highest BCUT2D eigenvalue weighted by Crippen LogP contribution is 2.21. The van der Waals surface area contributed by atoms with Gasteiger partial charge < -0.3 is 14.8 Å². The summed E-state index contributed by atoms with van der Waals surface area (Å²) in [4.78, 5) is 23.7. The second-order valence-corrected chi connectivity index (χ2v) is 8.48. The number of carbonyl (C=O) groups excluding carboxylic acids is 2. The Balaban J connectivity index is 1.66. The molecular formula is C24H22N2O6S. The van der Waals surface area contributed by atoms with Crippen LogP contribution in [-0.2, 0) is 19.6 Å². The molecule has 0 fully saturated rings. The van der Waals surface area contributed by atoms with Crippen LogP contribution in [0.2, 0.25) is 0 Å². The lowest BCUT2D eigenvalue weighted by Gasteiger charge is -2.10. The first kappa shape index (κ1) is 23.6. The maximum atomic E-state index is 12.7. The fourth-order valence-corrected chi connectivity index (χ4v) is 3.92. The summed E-state index contributed by atoms with van der Waals surface area (Å²) in [6, 6.07) is 18.9. The van der Waals surface area contributed by atoms with Crippen LogP contribution in [0.3, 0.4) is 0 Å². The summed E-state index contributed by atoms with van der Waals surface area (Å²) in [6.45, 7) is 0. The molecule has 1 amide bonds. The Kier molecular flexibility index (Phi) is 7.47. The lowest BCUT2D eigenvalue weighted by molar-refractivity contribution is -0.111. The van der Waals surface area contributed by atoms with Crippen LogP contribution < -0.4 is 14.8 Å². The van der Waals surface area contributed by atoms with Crippen LogP contribution >= 0.6 is 0 Å². The van der Waals surface area contributed by atoms with Crippen LogP contribution in [0.5, 0.6) is 5.75 Å². The zero-order valence-electron chi connectivity index (χ0n) is 17.9. The van der Waals surface area contributed by atoms with Gasteiger partial charge in [-0.25, -0.2) is 13.2 Å². The van der Waals surface area contributed by atoms with Gasteiger partial charge in [0.15, 0.2) is 0 Å². The largest absolute Gasteiger partial charge is 0.497 e. The number of hydrogen-bond donors (Lipinski definition) is 2. The second kappa shape index (κ2) is 10.5. The Hall–Kier alpha value is -4.11. The molecule has 0 spiro atoms. The summed E-state index contributed by atoms with van der Waals surface area (Å²) in [5, 5.41) is 2.63. The Morgan fingerprint density at radius 2 is 1.58 bits per heavy atom. The minimum absolute atomic E-state index is 0.00139. The van der Waals surface area contributed by atoms with Crippen molar-refractivity contribution in [2.24, 2.45) is 0 Å². The van der Waals surface area contributed by atoms with Gasteiger partial charge in [-0.1, -0.05) is 18.2 Å². The first-order valence-electron chi connectivity index (χ1n) is 9.75. The summed E-state index contributed by atoms with van der Waals surface area (Å²) in [5.74, 6) is -0.278. The van der Waals surface area contributed by atoms with Gasteiger partial charge >= 0.3 is 5.97 Å². The third-order valence-electron chi connectivity index (χ3n) is 4.51. The number of nitrogens with one attached hydrogen (secondary N) is 2. The number of methoxy groups -OCH3 is 2. The number of amides is 1. The van der Waals surface area contributed by atoms with Crippen LogP contribution in [0.25, 0.3) is 6.08 Å². The molecule has 3 aromatic carbocycles. The molecule has 0 aliphatic carbocycles. The molecule has 0 saturated carbocycles. The first-order valence-corrected chi connectivity index (χ1v) is 11.2. The van der Waals surface area contributed by atoms with Crippen molar-refractivity contribution in [2.45, 2.75) is 4.90 Å². The van der Waals surface area contributed by atoms with Crippen LogP contribution in [0, 0.1) is 0 Å². The summed E-state index contributed by atoms with van der Waals surface area (Å²) in [7, 11) is -1.03. The number of ether oxygens (including phenoxy) is 2. The van der Waals surface area contributed by atoms with Crippen molar-refractivity contribution < 1.29 is 27.5 Å². The average Bonchev–Trinajstić information content (AvgIpc) is 2.83. The number of benzene rings is 3. The van der Waals surface area contributed by atoms with Crippen molar-refractivity contribution in [3.05, 3.63) is 90.0 Å². The van der Waals surface area contributed by atoms with Gasteiger partial charge in [-0.2, -0.15) is 0 Å². The fraction of sp³-hybridized carbons (Fsp3) is 0.0833. The van der Waals surface area contributed by atoms with Crippen molar-refractivity contribution in [2.75, 3.05) is 24.3 Å². The molecule has 170 valence electrons. The summed E-state index contributed by atoms with van der Waals surface area (Å²) in [5.41, 5.74) is 1.81. The summed E-state index contributed by atoms with van der Waals surface area (Å²) < 4.78 is 37.6. The lowest BCUT2D eigenvalue weighted by atomic mass is 10.1. The fourth-order valence-electron chi connectivity index (χ4n) is 2.82. The number of sulfonamides is 1. The van der Waals surface area contributed by atoms with E-state index in [1.54, 1.807) is 60.7 Å². The molecule has 9 heteroatoms. The molecule has 0 aliphatic rings. The monoisotopic (exact) mass is 466 g/mol. The van der Waals surface area contributed by atoms with E-state index in [2.05, 4.69) is 14.8 Å². The highest BCUT2D eigenvalue weighted by Gasteiger charge is 2.15. The molecule has 0 aliphatic heterocycles. The smallest absolute Gasteiger partial charge is 0.337 e. The van der Waals surface area contributed by atoms with Crippen LogP contribution in [0.1, 0.15) is 15.9 Å². The number of carbonyl (C=O) groups is 2. The van der Waals surface area contributed by atoms with Crippen LogP contribution in [0.4, 0.5) is 11.4 Å². The van der Waals surface area contributed by atoms with Crippen molar-refractivity contribution >= 4 is 39.4 Å². The van der Waals surface area contributed by atoms with E-state index < -0.39 is 21.9 Å². The highest BCUT2D eigenvalue weighted by molar-refractivity contribution is 7.92. The normalized spacial score (nSPS) is 11.1. The molecule has 33 heavy (non-hydrogen) atoms. The predicted octanol–water partition coefficient (Wildman–Crippen LogP) is 3.93. The zero-order valence-corrected chi connectivity index (χ0v) is 18.8. The van der Waals surface area contributed by atoms with Gasteiger partial charge in [-0.3, -0.25) is 9.52 Å². The van der Waals surface area contributed by atoms with Crippen molar-refractivity contribution in [1.29, 1.82) is 0 Å². The minimum atomic E-state index is -3.86. The van der Waals surface area contributed by atoms with E-state index in [9.17, 15) is 18.0 Å². The van der Waals surface area contributed by atoms with Gasteiger partial charge in [0.2, 0.25) is 5.91 Å². The molecule has 2 N–H and O–H groups in total. The molecule has 8 nitrogen and oxygen atoms in total. The van der Waals surface area contributed by atoms with E-state index in [0.717, 1.165) is 0 Å². The van der Waals surface area contributed by atoms with Gasteiger partial charge in [0, 0.05) is 17.5 Å². The van der Waals surface area contributed by atoms with E-state index >= 15 is 0 Å². The van der Waals surface area contributed by atoms with Gasteiger partial charge in [0.05, 0.1) is 24.7 Å². The van der Waals surface area contributed by atoms with E-state index in [0.29, 0.717) is 28.3 Å². The van der Waals surface area contributed by atoms with E-state index in [-0.39, 0.29) is 4.90 Å². The number of hydrogen-bond acceptors (Lipinski definition) is 6. The minimum Gasteiger partial charge on any atom is -0.497 e. The maximum absolute atomic E-state index is 12.7. The standard InChI is InChI=1S/C24H22N2O6S/c1-31-21-13-11-19(12-14-21)26-33(29,30)22-5-3-4-20(16-22)25-23(27)15-8-17-6-9-18(10-7-17)24(28)32-2/h3-16,26H,1-2H3,(H,25,27). The van der Waals surface area contributed by atoms with Gasteiger partial charge in [-0.15, -0.1) is 0 Å². The van der Waals surface area contributed by atoms with Crippen molar-refractivity contribution in [3.8, 4) is 5.75 Å². The Morgan fingerprint density at radius 3 is 2.21 bits per heavy atom. The Labute approximate surface area is 191 Å². The number of anilines is 2. The molecule has 3 aromatic rings. The molecule has 0 bridgehead atoms.